The van der Waals surface area contributed by atoms with E-state index in [4.69, 9.17) is 15.6 Å². The summed E-state index contributed by atoms with van der Waals surface area (Å²) in [5.74, 6) is 1.31. The highest BCUT2D eigenvalue weighted by Gasteiger charge is 2.37. The molecule has 4 N–H and O–H groups in total. The number of aromatic nitrogens is 2. The number of fused-ring (bicyclic) bond motifs is 2. The Labute approximate surface area is 142 Å². The number of nitrogens with zero attached hydrogens (tertiary/aromatic N) is 3. The van der Waals surface area contributed by atoms with Gasteiger partial charge in [0.2, 0.25) is 5.95 Å². The van der Waals surface area contributed by atoms with Crippen molar-refractivity contribution in [2.24, 2.45) is 0 Å². The van der Waals surface area contributed by atoms with Crippen LogP contribution in [0.2, 0.25) is 0 Å². The number of nitrogens with one attached hydrogen (secondary N) is 1. The number of nitrogen functional groups attached to an aromatic ring is 1. The van der Waals surface area contributed by atoms with E-state index in [0.29, 0.717) is 18.0 Å². The van der Waals surface area contributed by atoms with Crippen LogP contribution in [0.4, 0.5) is 11.8 Å². The molecule has 2 saturated heterocycles. The number of aliphatic hydroxyl groups is 1. The lowest BCUT2D eigenvalue weighted by Crippen LogP contribution is -2.46. The van der Waals surface area contributed by atoms with Crippen LogP contribution in [0, 0.1) is 0 Å². The van der Waals surface area contributed by atoms with E-state index in [1.54, 1.807) is 0 Å². The summed E-state index contributed by atoms with van der Waals surface area (Å²) in [6.07, 6.45) is 6.37. The van der Waals surface area contributed by atoms with Crippen molar-refractivity contribution in [1.82, 2.24) is 14.9 Å². The zero-order chi connectivity index (χ0) is 16.5. The molecular weight excluding hydrogens is 306 g/mol. The SMILES string of the molecule is Nc1nc2c(c(N[C@H]3C[C@H]4CO[C@@H](CCO)CN4C3)n1)CCCC2. The van der Waals surface area contributed by atoms with Crippen molar-refractivity contribution >= 4 is 11.8 Å². The van der Waals surface area contributed by atoms with Crippen LogP contribution in [0.1, 0.15) is 36.9 Å². The van der Waals surface area contributed by atoms with Gasteiger partial charge < -0.3 is 20.9 Å². The zero-order valence-corrected chi connectivity index (χ0v) is 14.1. The molecule has 0 radical (unpaired) electrons. The summed E-state index contributed by atoms with van der Waals surface area (Å²) in [6, 6.07) is 0.833. The van der Waals surface area contributed by atoms with Crippen LogP contribution >= 0.6 is 0 Å². The number of nitrogens with two attached hydrogens (primary N) is 1. The molecule has 132 valence electrons. The van der Waals surface area contributed by atoms with E-state index in [2.05, 4.69) is 20.2 Å². The van der Waals surface area contributed by atoms with E-state index in [0.717, 1.165) is 56.9 Å². The van der Waals surface area contributed by atoms with Gasteiger partial charge in [0.25, 0.3) is 0 Å². The van der Waals surface area contributed by atoms with Gasteiger partial charge in [0, 0.05) is 37.3 Å². The smallest absolute Gasteiger partial charge is 0.222 e. The number of aryl methyl sites for hydroxylation is 1. The number of rotatable bonds is 4. The third-order valence-corrected chi connectivity index (χ3v) is 5.48. The van der Waals surface area contributed by atoms with Crippen molar-refractivity contribution in [1.29, 1.82) is 0 Å². The van der Waals surface area contributed by atoms with Gasteiger partial charge in [-0.1, -0.05) is 0 Å². The molecule has 0 amide bonds. The molecule has 4 rings (SSSR count). The van der Waals surface area contributed by atoms with Crippen molar-refractivity contribution in [3.05, 3.63) is 11.3 Å². The average molecular weight is 333 g/mol. The zero-order valence-electron chi connectivity index (χ0n) is 14.1. The summed E-state index contributed by atoms with van der Waals surface area (Å²) in [7, 11) is 0. The topological polar surface area (TPSA) is 96.5 Å². The number of anilines is 2. The number of aliphatic hydroxyl groups excluding tert-OH is 1. The number of morpholine rings is 1. The van der Waals surface area contributed by atoms with Crippen LogP contribution in [0.3, 0.4) is 0 Å². The minimum atomic E-state index is 0.160. The molecule has 3 atom stereocenters. The molecule has 0 aromatic carbocycles. The Kier molecular flexibility index (Phi) is 4.56. The predicted octanol–water partition coefficient (Wildman–Crippen LogP) is 0.574. The summed E-state index contributed by atoms with van der Waals surface area (Å²) in [5, 5.41) is 12.7. The second-order valence-electron chi connectivity index (χ2n) is 7.22. The van der Waals surface area contributed by atoms with Gasteiger partial charge in [0.1, 0.15) is 5.82 Å². The van der Waals surface area contributed by atoms with Crippen LogP contribution in [0.5, 0.6) is 0 Å². The molecular formula is C17H27N5O2. The molecule has 1 aliphatic carbocycles. The van der Waals surface area contributed by atoms with Gasteiger partial charge in [0.15, 0.2) is 0 Å². The maximum Gasteiger partial charge on any atom is 0.222 e. The highest BCUT2D eigenvalue weighted by Crippen LogP contribution is 2.30. The molecule has 0 unspecified atom stereocenters. The average Bonchev–Trinajstić information content (AvgIpc) is 2.96. The first-order chi connectivity index (χ1) is 11.7. The maximum atomic E-state index is 9.11. The lowest BCUT2D eigenvalue weighted by atomic mass is 9.96. The quantitative estimate of drug-likeness (QED) is 0.741. The van der Waals surface area contributed by atoms with Crippen LogP contribution in [0.25, 0.3) is 0 Å². The fourth-order valence-electron chi connectivity index (χ4n) is 4.29. The minimum Gasteiger partial charge on any atom is -0.396 e. The third-order valence-electron chi connectivity index (χ3n) is 5.48. The Hall–Kier alpha value is -1.44. The van der Waals surface area contributed by atoms with Gasteiger partial charge >= 0.3 is 0 Å². The Morgan fingerprint density at radius 1 is 1.25 bits per heavy atom. The number of ether oxygens (including phenoxy) is 1. The second-order valence-corrected chi connectivity index (χ2v) is 7.22. The molecule has 1 aromatic heterocycles. The van der Waals surface area contributed by atoms with Crippen LogP contribution in [-0.2, 0) is 17.6 Å². The molecule has 1 aromatic rings. The van der Waals surface area contributed by atoms with Gasteiger partial charge in [-0.15, -0.1) is 0 Å². The monoisotopic (exact) mass is 333 g/mol. The second kappa shape index (κ2) is 6.82. The molecule has 0 spiro atoms. The predicted molar refractivity (Wildman–Crippen MR) is 91.9 cm³/mol. The standard InChI is InChI=1S/C17H27N5O2/c18-17-20-15-4-2-1-3-14(15)16(21-17)19-11-7-12-10-24-13(5-6-23)9-22(12)8-11/h11-13,23H,1-10H2,(H3,18,19,20,21)/t11-,12-,13-/m0/s1. The van der Waals surface area contributed by atoms with E-state index < -0.39 is 0 Å². The van der Waals surface area contributed by atoms with Crippen molar-refractivity contribution in [2.45, 2.75) is 56.7 Å². The van der Waals surface area contributed by atoms with Crippen molar-refractivity contribution < 1.29 is 9.84 Å². The Bertz CT molecular complexity index is 597. The summed E-state index contributed by atoms with van der Waals surface area (Å²) in [6.45, 7) is 2.85. The Morgan fingerprint density at radius 3 is 3.00 bits per heavy atom. The van der Waals surface area contributed by atoms with Crippen LogP contribution in [-0.4, -0.2) is 64.5 Å². The molecule has 24 heavy (non-hydrogen) atoms. The first-order valence-electron chi connectivity index (χ1n) is 9.11. The van der Waals surface area contributed by atoms with Crippen LogP contribution in [0.15, 0.2) is 0 Å². The summed E-state index contributed by atoms with van der Waals surface area (Å²) in [4.78, 5) is 11.4. The number of hydrogen-bond acceptors (Lipinski definition) is 7. The van der Waals surface area contributed by atoms with E-state index >= 15 is 0 Å². The molecule has 7 nitrogen and oxygen atoms in total. The fraction of sp³-hybridized carbons (Fsp3) is 0.765. The van der Waals surface area contributed by atoms with Gasteiger partial charge in [0.05, 0.1) is 18.4 Å². The lowest BCUT2D eigenvalue weighted by molar-refractivity contribution is -0.0566. The highest BCUT2D eigenvalue weighted by molar-refractivity contribution is 5.51. The molecule has 2 fully saturated rings. The lowest BCUT2D eigenvalue weighted by Gasteiger charge is -2.34. The van der Waals surface area contributed by atoms with Crippen molar-refractivity contribution in [3.8, 4) is 0 Å². The first-order valence-corrected chi connectivity index (χ1v) is 9.11. The summed E-state index contributed by atoms with van der Waals surface area (Å²) < 4.78 is 5.87. The van der Waals surface area contributed by atoms with Gasteiger partial charge in [-0.05, 0) is 38.5 Å². The fourth-order valence-corrected chi connectivity index (χ4v) is 4.29. The van der Waals surface area contributed by atoms with Crippen molar-refractivity contribution in [2.75, 3.05) is 37.4 Å². The normalized spacial score (nSPS) is 30.0. The Balaban J connectivity index is 1.45. The Morgan fingerprint density at radius 2 is 2.12 bits per heavy atom. The first kappa shape index (κ1) is 16.1. The maximum absolute atomic E-state index is 9.11. The van der Waals surface area contributed by atoms with Crippen molar-refractivity contribution in [3.63, 3.8) is 0 Å². The van der Waals surface area contributed by atoms with Gasteiger partial charge in [-0.25, -0.2) is 4.98 Å². The van der Waals surface area contributed by atoms with Gasteiger partial charge in [-0.3, -0.25) is 4.90 Å². The third kappa shape index (κ3) is 3.20. The van der Waals surface area contributed by atoms with E-state index in [1.807, 2.05) is 0 Å². The minimum absolute atomic E-state index is 0.160. The summed E-state index contributed by atoms with van der Waals surface area (Å²) >= 11 is 0. The molecule has 0 saturated carbocycles. The molecule has 2 aliphatic heterocycles. The molecule has 3 aliphatic rings. The van der Waals surface area contributed by atoms with E-state index in [9.17, 15) is 0 Å². The molecule has 3 heterocycles. The van der Waals surface area contributed by atoms with Crippen LogP contribution < -0.4 is 11.1 Å². The molecule has 7 heteroatoms. The molecule has 0 bridgehead atoms. The number of hydrogen-bond donors (Lipinski definition) is 3. The highest BCUT2D eigenvalue weighted by atomic mass is 16.5. The summed E-state index contributed by atoms with van der Waals surface area (Å²) in [5.41, 5.74) is 8.29. The largest absolute Gasteiger partial charge is 0.396 e. The van der Waals surface area contributed by atoms with E-state index in [-0.39, 0.29) is 12.7 Å². The van der Waals surface area contributed by atoms with E-state index in [1.165, 1.54) is 18.4 Å². The van der Waals surface area contributed by atoms with Gasteiger partial charge in [-0.2, -0.15) is 4.98 Å².